The Morgan fingerprint density at radius 1 is 1.23 bits per heavy atom. The zero-order chi connectivity index (χ0) is 19.7. The van der Waals surface area contributed by atoms with E-state index in [0.717, 1.165) is 12.1 Å². The van der Waals surface area contributed by atoms with Crippen molar-refractivity contribution in [2.45, 2.75) is 40.0 Å². The topological polar surface area (TPSA) is 65.5 Å². The molecule has 0 saturated heterocycles. The molecule has 1 rings (SSSR count). The summed E-state index contributed by atoms with van der Waals surface area (Å²) in [5, 5.41) is 9.62. The quantitative estimate of drug-likeness (QED) is 0.366. The van der Waals surface area contributed by atoms with E-state index in [-0.39, 0.29) is 23.1 Å². The van der Waals surface area contributed by atoms with E-state index in [0.29, 0.717) is 30.6 Å². The minimum absolute atomic E-state index is 0.0285. The van der Waals surface area contributed by atoms with Gasteiger partial charge in [0.2, 0.25) is 5.91 Å². The molecule has 0 aliphatic rings. The number of hydrogen-bond acceptors (Lipinski definition) is 2. The van der Waals surface area contributed by atoms with Crippen LogP contribution in [0.4, 0.5) is 4.39 Å². The van der Waals surface area contributed by atoms with Gasteiger partial charge in [-0.2, -0.15) is 0 Å². The molecular formula is C19H30ClFN4O. The van der Waals surface area contributed by atoms with E-state index in [4.69, 9.17) is 11.6 Å². The predicted molar refractivity (Wildman–Crippen MR) is 106 cm³/mol. The molecule has 0 atom stereocenters. The van der Waals surface area contributed by atoms with Crippen molar-refractivity contribution in [1.29, 1.82) is 0 Å². The minimum atomic E-state index is -0.350. The monoisotopic (exact) mass is 384 g/mol. The highest BCUT2D eigenvalue weighted by atomic mass is 35.5. The van der Waals surface area contributed by atoms with Gasteiger partial charge < -0.3 is 16.0 Å². The molecule has 1 aromatic carbocycles. The average molecular weight is 385 g/mol. The lowest BCUT2D eigenvalue weighted by Gasteiger charge is -2.25. The van der Waals surface area contributed by atoms with Gasteiger partial charge in [0.05, 0.1) is 6.54 Å². The molecule has 0 aliphatic heterocycles. The molecule has 0 heterocycles. The predicted octanol–water partition coefficient (Wildman–Crippen LogP) is 3.08. The van der Waals surface area contributed by atoms with E-state index in [1.165, 1.54) is 12.1 Å². The summed E-state index contributed by atoms with van der Waals surface area (Å²) in [6.45, 7) is 12.0. The molecule has 7 heteroatoms. The van der Waals surface area contributed by atoms with E-state index in [2.05, 4.69) is 20.9 Å². The molecular weight excluding hydrogens is 355 g/mol. The molecule has 146 valence electrons. The van der Waals surface area contributed by atoms with Crippen molar-refractivity contribution in [2.75, 3.05) is 26.2 Å². The van der Waals surface area contributed by atoms with Crippen LogP contribution < -0.4 is 16.0 Å². The smallest absolute Gasteiger partial charge is 0.222 e. The summed E-state index contributed by atoms with van der Waals surface area (Å²) in [4.78, 5) is 16.2. The van der Waals surface area contributed by atoms with Crippen molar-refractivity contribution >= 4 is 23.5 Å². The van der Waals surface area contributed by atoms with Gasteiger partial charge in [0.1, 0.15) is 5.82 Å². The van der Waals surface area contributed by atoms with E-state index in [1.54, 1.807) is 6.07 Å². The Morgan fingerprint density at radius 3 is 2.46 bits per heavy atom. The molecule has 26 heavy (non-hydrogen) atoms. The number of rotatable bonds is 8. The Labute approximate surface area is 160 Å². The van der Waals surface area contributed by atoms with Crippen LogP contribution in [-0.2, 0) is 10.2 Å². The van der Waals surface area contributed by atoms with Gasteiger partial charge in [-0.3, -0.25) is 9.79 Å². The van der Waals surface area contributed by atoms with Crippen molar-refractivity contribution < 1.29 is 9.18 Å². The van der Waals surface area contributed by atoms with Crippen molar-refractivity contribution in [2.24, 2.45) is 10.9 Å². The van der Waals surface area contributed by atoms with Crippen LogP contribution in [0.1, 0.15) is 40.2 Å². The van der Waals surface area contributed by atoms with Gasteiger partial charge in [-0.05, 0) is 24.6 Å². The highest BCUT2D eigenvalue weighted by molar-refractivity contribution is 6.31. The Hall–Kier alpha value is -1.82. The molecule has 0 aromatic heterocycles. The number of carbonyl (C=O) groups excluding carboxylic acids is 1. The van der Waals surface area contributed by atoms with Crippen LogP contribution in [0.25, 0.3) is 0 Å². The first kappa shape index (κ1) is 22.2. The molecule has 0 aliphatic carbocycles. The zero-order valence-electron chi connectivity index (χ0n) is 16.2. The lowest BCUT2D eigenvalue weighted by molar-refractivity contribution is -0.123. The number of carbonyl (C=O) groups is 1. The van der Waals surface area contributed by atoms with Gasteiger partial charge in [0.25, 0.3) is 0 Å². The molecule has 1 aromatic rings. The van der Waals surface area contributed by atoms with Crippen LogP contribution in [-0.4, -0.2) is 38.0 Å². The maximum absolute atomic E-state index is 13.3. The van der Waals surface area contributed by atoms with Gasteiger partial charge in [-0.25, -0.2) is 4.39 Å². The number of halogens is 2. The zero-order valence-corrected chi connectivity index (χ0v) is 17.0. The normalized spacial score (nSPS) is 12.2. The van der Waals surface area contributed by atoms with Crippen LogP contribution in [0.5, 0.6) is 0 Å². The highest BCUT2D eigenvalue weighted by Crippen LogP contribution is 2.30. The summed E-state index contributed by atoms with van der Waals surface area (Å²) in [5.41, 5.74) is 0.503. The first-order valence-corrected chi connectivity index (χ1v) is 9.30. The number of guanidine groups is 1. The van der Waals surface area contributed by atoms with Crippen molar-refractivity contribution in [3.8, 4) is 0 Å². The van der Waals surface area contributed by atoms with E-state index >= 15 is 0 Å². The Kier molecular flexibility index (Phi) is 8.85. The second-order valence-corrected chi connectivity index (χ2v) is 7.48. The van der Waals surface area contributed by atoms with Gasteiger partial charge in [-0.15, -0.1) is 0 Å². The molecule has 0 unspecified atom stereocenters. The summed E-state index contributed by atoms with van der Waals surface area (Å²) in [5.74, 6) is 0.313. The largest absolute Gasteiger partial charge is 0.357 e. The van der Waals surface area contributed by atoms with Gasteiger partial charge in [-0.1, -0.05) is 45.4 Å². The third-order valence-electron chi connectivity index (χ3n) is 3.88. The average Bonchev–Trinajstić information content (AvgIpc) is 2.55. The van der Waals surface area contributed by atoms with Crippen LogP contribution in [0.2, 0.25) is 5.02 Å². The summed E-state index contributed by atoms with van der Waals surface area (Å²) in [6, 6.07) is 4.44. The maximum Gasteiger partial charge on any atom is 0.222 e. The van der Waals surface area contributed by atoms with Crippen molar-refractivity contribution in [1.82, 2.24) is 16.0 Å². The lowest BCUT2D eigenvalue weighted by Crippen LogP contribution is -2.42. The summed E-state index contributed by atoms with van der Waals surface area (Å²) >= 11 is 6.19. The van der Waals surface area contributed by atoms with E-state index < -0.39 is 0 Å². The molecule has 0 fully saturated rings. The Balaban J connectivity index is 2.68. The fourth-order valence-corrected chi connectivity index (χ4v) is 2.74. The van der Waals surface area contributed by atoms with E-state index in [1.807, 2.05) is 34.6 Å². The van der Waals surface area contributed by atoms with Crippen molar-refractivity contribution in [3.63, 3.8) is 0 Å². The fraction of sp³-hybridized carbons (Fsp3) is 0.579. The fourth-order valence-electron chi connectivity index (χ4n) is 2.31. The second kappa shape index (κ2) is 10.4. The number of nitrogens with one attached hydrogen (secondary N) is 3. The van der Waals surface area contributed by atoms with Crippen LogP contribution in [0.15, 0.2) is 23.2 Å². The van der Waals surface area contributed by atoms with Crippen LogP contribution in [0, 0.1) is 11.7 Å². The van der Waals surface area contributed by atoms with Gasteiger partial charge in [0, 0.05) is 36.0 Å². The number of aliphatic imine (C=N–C) groups is 1. The molecule has 5 nitrogen and oxygen atoms in total. The second-order valence-electron chi connectivity index (χ2n) is 7.08. The number of hydrogen-bond donors (Lipinski definition) is 3. The number of nitrogens with zero attached hydrogens (tertiary/aromatic N) is 1. The third kappa shape index (κ3) is 7.20. The Bertz CT molecular complexity index is 632. The summed E-state index contributed by atoms with van der Waals surface area (Å²) < 4.78 is 13.3. The molecule has 3 N–H and O–H groups in total. The lowest BCUT2D eigenvalue weighted by atomic mass is 9.84. The van der Waals surface area contributed by atoms with Crippen molar-refractivity contribution in [3.05, 3.63) is 34.6 Å². The standard InChI is InChI=1S/C19H30ClFN4O/c1-6-22-18(24-10-9-23-17(26)13(2)3)25-12-19(4,5)15-8-7-14(21)11-16(15)20/h7-8,11,13H,6,9-10,12H2,1-5H3,(H,23,26)(H2,22,24,25). The first-order valence-electron chi connectivity index (χ1n) is 8.92. The molecule has 1 amide bonds. The van der Waals surface area contributed by atoms with Gasteiger partial charge in [0.15, 0.2) is 5.96 Å². The molecule has 0 bridgehead atoms. The third-order valence-corrected chi connectivity index (χ3v) is 4.19. The summed E-state index contributed by atoms with van der Waals surface area (Å²) in [7, 11) is 0. The SMILES string of the molecule is CCNC(=NCC(C)(C)c1ccc(F)cc1Cl)NCCNC(=O)C(C)C. The molecule has 0 spiro atoms. The first-order chi connectivity index (χ1) is 12.2. The van der Waals surface area contributed by atoms with Gasteiger partial charge >= 0.3 is 0 Å². The minimum Gasteiger partial charge on any atom is -0.357 e. The maximum atomic E-state index is 13.3. The molecule has 0 saturated carbocycles. The molecule has 0 radical (unpaired) electrons. The van der Waals surface area contributed by atoms with Crippen LogP contribution in [0.3, 0.4) is 0 Å². The summed E-state index contributed by atoms with van der Waals surface area (Å²) in [6.07, 6.45) is 0. The number of amides is 1. The van der Waals surface area contributed by atoms with Crippen LogP contribution >= 0.6 is 11.6 Å². The van der Waals surface area contributed by atoms with E-state index in [9.17, 15) is 9.18 Å². The Morgan fingerprint density at radius 2 is 1.88 bits per heavy atom. The number of benzene rings is 1. The highest BCUT2D eigenvalue weighted by Gasteiger charge is 2.23.